The van der Waals surface area contributed by atoms with Crippen LogP contribution in [0.1, 0.15) is 20.9 Å². The van der Waals surface area contributed by atoms with Crippen molar-refractivity contribution >= 4 is 39.2 Å². The van der Waals surface area contributed by atoms with Gasteiger partial charge in [0, 0.05) is 31.2 Å². The molecule has 3 amide bonds. The highest BCUT2D eigenvalue weighted by Crippen LogP contribution is 2.21. The number of piperazine rings is 1. The van der Waals surface area contributed by atoms with Crippen LogP contribution >= 0.6 is 11.6 Å². The molecule has 1 aliphatic heterocycles. The molecule has 188 valence electrons. The third-order valence-corrected chi connectivity index (χ3v) is 7.79. The van der Waals surface area contributed by atoms with Crippen molar-refractivity contribution in [1.82, 2.24) is 15.1 Å². The fraction of sp³-hybridized carbons (Fsp3) is 0.208. The largest absolute Gasteiger partial charge is 0.459 e. The first-order valence-electron chi connectivity index (χ1n) is 10.8. The molecule has 0 aliphatic carbocycles. The number of amides is 3. The second-order valence-corrected chi connectivity index (χ2v) is 10.4. The molecule has 1 N–H and O–H groups in total. The number of halogens is 2. The highest BCUT2D eigenvalue weighted by atomic mass is 35.5. The Morgan fingerprint density at radius 1 is 0.917 bits per heavy atom. The highest BCUT2D eigenvalue weighted by Gasteiger charge is 2.40. The van der Waals surface area contributed by atoms with E-state index in [4.69, 9.17) is 16.0 Å². The molecule has 2 aromatic carbocycles. The number of nitrogens with zero attached hydrogens (tertiary/aromatic N) is 2. The Bertz CT molecular complexity index is 1370. The second kappa shape index (κ2) is 10.5. The molecule has 12 heteroatoms. The molecule has 3 aromatic rings. The quantitative estimate of drug-likeness (QED) is 0.520. The first-order valence-corrected chi connectivity index (χ1v) is 12.8. The number of sulfone groups is 1. The average molecular weight is 534 g/mol. The van der Waals surface area contributed by atoms with Gasteiger partial charge >= 0.3 is 0 Å². The molecular formula is C24H21ClFN3O6S. The standard InChI is InChI=1S/C24H21ClFN3O6S/c25-16-7-9-17(10-8-16)36(33,34)22(27-21(30)20-6-3-15-35-20)24(32)29-13-11-28(12-14-29)23(31)18-4-1-2-5-19(18)26/h1-10,15,22H,11-14H2,(H,27,30)/t22-/m0/s1. The first kappa shape index (κ1) is 25.4. The highest BCUT2D eigenvalue weighted by molar-refractivity contribution is 7.92. The van der Waals surface area contributed by atoms with Crippen LogP contribution in [0.25, 0.3) is 0 Å². The van der Waals surface area contributed by atoms with Crippen LogP contribution in [0.3, 0.4) is 0 Å². The first-order chi connectivity index (χ1) is 17.2. The number of nitrogens with one attached hydrogen (secondary N) is 1. The summed E-state index contributed by atoms with van der Waals surface area (Å²) in [6, 6.07) is 13.5. The van der Waals surface area contributed by atoms with E-state index in [1.165, 1.54) is 70.7 Å². The monoisotopic (exact) mass is 533 g/mol. The second-order valence-electron chi connectivity index (χ2n) is 7.93. The van der Waals surface area contributed by atoms with Gasteiger partial charge in [0.15, 0.2) is 5.76 Å². The summed E-state index contributed by atoms with van der Waals surface area (Å²) >= 11 is 5.86. The molecular weight excluding hydrogens is 513 g/mol. The maximum absolute atomic E-state index is 14.0. The summed E-state index contributed by atoms with van der Waals surface area (Å²) in [5.41, 5.74) is -0.0915. The molecule has 0 unspecified atom stereocenters. The summed E-state index contributed by atoms with van der Waals surface area (Å²) in [6.45, 7) is 0.0854. The summed E-state index contributed by atoms with van der Waals surface area (Å²) in [5, 5.41) is 0.607. The van der Waals surface area contributed by atoms with E-state index in [1.807, 2.05) is 0 Å². The maximum atomic E-state index is 14.0. The molecule has 36 heavy (non-hydrogen) atoms. The van der Waals surface area contributed by atoms with E-state index in [9.17, 15) is 27.2 Å². The summed E-state index contributed by atoms with van der Waals surface area (Å²) in [7, 11) is -4.38. The molecule has 0 saturated carbocycles. The number of furan rings is 1. The molecule has 2 heterocycles. The van der Waals surface area contributed by atoms with E-state index >= 15 is 0 Å². The minimum absolute atomic E-state index is 0.0116. The smallest absolute Gasteiger partial charge is 0.288 e. The van der Waals surface area contributed by atoms with Gasteiger partial charge in [0.1, 0.15) is 5.82 Å². The predicted octanol–water partition coefficient (Wildman–Crippen LogP) is 2.59. The lowest BCUT2D eigenvalue weighted by Gasteiger charge is -2.36. The fourth-order valence-corrected chi connectivity index (χ4v) is 5.32. The van der Waals surface area contributed by atoms with Crippen molar-refractivity contribution in [2.24, 2.45) is 0 Å². The summed E-state index contributed by atoms with van der Waals surface area (Å²) in [4.78, 5) is 41.1. The van der Waals surface area contributed by atoms with E-state index in [1.54, 1.807) is 6.07 Å². The van der Waals surface area contributed by atoms with Gasteiger partial charge in [-0.3, -0.25) is 14.4 Å². The lowest BCUT2D eigenvalue weighted by molar-refractivity contribution is -0.132. The topological polar surface area (TPSA) is 117 Å². The van der Waals surface area contributed by atoms with E-state index < -0.39 is 38.7 Å². The molecule has 1 fully saturated rings. The van der Waals surface area contributed by atoms with Gasteiger partial charge in [-0.15, -0.1) is 0 Å². The third-order valence-electron chi connectivity index (χ3n) is 5.67. The average Bonchev–Trinajstić information content (AvgIpc) is 3.42. The number of rotatable bonds is 6. The van der Waals surface area contributed by atoms with Gasteiger partial charge in [-0.1, -0.05) is 23.7 Å². The fourth-order valence-electron chi connectivity index (χ4n) is 3.73. The Morgan fingerprint density at radius 2 is 1.56 bits per heavy atom. The van der Waals surface area contributed by atoms with Crippen LogP contribution in [-0.2, 0) is 14.6 Å². The molecule has 9 nitrogen and oxygen atoms in total. The molecule has 0 spiro atoms. The number of carbonyl (C=O) groups is 3. The minimum atomic E-state index is -4.38. The molecule has 1 aromatic heterocycles. The zero-order valence-corrected chi connectivity index (χ0v) is 20.3. The van der Waals surface area contributed by atoms with Crippen molar-refractivity contribution in [3.05, 3.63) is 89.1 Å². The molecule has 0 radical (unpaired) electrons. The Hall–Kier alpha value is -3.70. The minimum Gasteiger partial charge on any atom is -0.459 e. The molecule has 0 bridgehead atoms. The lowest BCUT2D eigenvalue weighted by Crippen LogP contribution is -2.57. The van der Waals surface area contributed by atoms with Crippen molar-refractivity contribution in [3.8, 4) is 0 Å². The van der Waals surface area contributed by atoms with Gasteiger partial charge in [-0.25, -0.2) is 12.8 Å². The van der Waals surface area contributed by atoms with Gasteiger partial charge in [0.05, 0.1) is 16.7 Å². The SMILES string of the molecule is O=C(N[C@H](C(=O)N1CCN(C(=O)c2ccccc2F)CC1)S(=O)(=O)c1ccc(Cl)cc1)c1ccco1. The van der Waals surface area contributed by atoms with Crippen LogP contribution in [0.2, 0.25) is 5.02 Å². The van der Waals surface area contributed by atoms with Gasteiger partial charge in [0.25, 0.3) is 17.7 Å². The predicted molar refractivity (Wildman–Crippen MR) is 127 cm³/mol. The zero-order valence-electron chi connectivity index (χ0n) is 18.8. The van der Waals surface area contributed by atoms with E-state index in [0.29, 0.717) is 5.02 Å². The van der Waals surface area contributed by atoms with Crippen LogP contribution in [0.5, 0.6) is 0 Å². The van der Waals surface area contributed by atoms with Crippen molar-refractivity contribution in [2.45, 2.75) is 10.3 Å². The Balaban J connectivity index is 1.54. The van der Waals surface area contributed by atoms with E-state index in [2.05, 4.69) is 5.32 Å². The van der Waals surface area contributed by atoms with Crippen LogP contribution in [0.4, 0.5) is 4.39 Å². The maximum Gasteiger partial charge on any atom is 0.288 e. The van der Waals surface area contributed by atoms with Crippen molar-refractivity contribution in [1.29, 1.82) is 0 Å². The summed E-state index contributed by atoms with van der Waals surface area (Å²) in [6.07, 6.45) is 1.24. The molecule has 1 saturated heterocycles. The number of benzene rings is 2. The van der Waals surface area contributed by atoms with Crippen LogP contribution in [-0.4, -0.2) is 67.5 Å². The number of carbonyl (C=O) groups excluding carboxylic acids is 3. The van der Waals surface area contributed by atoms with Gasteiger partial charge in [-0.2, -0.15) is 0 Å². The Kier molecular flexibility index (Phi) is 7.41. The number of hydrogen-bond acceptors (Lipinski definition) is 6. The van der Waals surface area contributed by atoms with Crippen molar-refractivity contribution in [3.63, 3.8) is 0 Å². The van der Waals surface area contributed by atoms with E-state index in [0.717, 1.165) is 0 Å². The van der Waals surface area contributed by atoms with Crippen molar-refractivity contribution in [2.75, 3.05) is 26.2 Å². The normalized spacial score (nSPS) is 14.8. The summed E-state index contributed by atoms with van der Waals surface area (Å²) in [5.74, 6) is -3.11. The molecule has 4 rings (SSSR count). The van der Waals surface area contributed by atoms with Crippen LogP contribution in [0, 0.1) is 5.82 Å². The Morgan fingerprint density at radius 3 is 2.17 bits per heavy atom. The van der Waals surface area contributed by atoms with Crippen molar-refractivity contribution < 1.29 is 31.6 Å². The Labute approximate surface area is 211 Å². The summed E-state index contributed by atoms with van der Waals surface area (Å²) < 4.78 is 45.8. The van der Waals surface area contributed by atoms with Gasteiger partial charge < -0.3 is 19.5 Å². The lowest BCUT2D eigenvalue weighted by atomic mass is 10.1. The molecule has 1 atom stereocenters. The zero-order chi connectivity index (χ0) is 25.9. The van der Waals surface area contributed by atoms with Crippen LogP contribution < -0.4 is 5.32 Å². The third kappa shape index (κ3) is 5.26. The van der Waals surface area contributed by atoms with E-state index in [-0.39, 0.29) is 42.4 Å². The van der Waals surface area contributed by atoms with Crippen LogP contribution in [0.15, 0.2) is 76.2 Å². The van der Waals surface area contributed by atoms with Gasteiger partial charge in [0.2, 0.25) is 15.2 Å². The number of hydrogen-bond donors (Lipinski definition) is 1. The van der Waals surface area contributed by atoms with Gasteiger partial charge in [-0.05, 0) is 48.5 Å². The molecule has 1 aliphatic rings.